The Kier molecular flexibility index (Phi) is 6.05. The van der Waals surface area contributed by atoms with Crippen LogP contribution in [-0.4, -0.2) is 35.5 Å². The minimum absolute atomic E-state index is 0.104. The van der Waals surface area contributed by atoms with Crippen LogP contribution in [0.3, 0.4) is 0 Å². The lowest BCUT2D eigenvalue weighted by molar-refractivity contribution is -0.148. The fourth-order valence-corrected chi connectivity index (χ4v) is 2.67. The number of esters is 2. The van der Waals surface area contributed by atoms with Crippen molar-refractivity contribution in [3.05, 3.63) is 47.1 Å². The molecule has 7 nitrogen and oxygen atoms in total. The lowest BCUT2D eigenvalue weighted by Crippen LogP contribution is -2.26. The van der Waals surface area contributed by atoms with Crippen LogP contribution in [0, 0.1) is 0 Å². The summed E-state index contributed by atoms with van der Waals surface area (Å²) in [5.74, 6) is -1.42. The van der Waals surface area contributed by atoms with Gasteiger partial charge < -0.3 is 19.3 Å². The van der Waals surface area contributed by atoms with Gasteiger partial charge >= 0.3 is 11.9 Å². The molecule has 2 atom stereocenters. The van der Waals surface area contributed by atoms with E-state index in [2.05, 4.69) is 6.58 Å². The van der Waals surface area contributed by atoms with Gasteiger partial charge in [-0.1, -0.05) is 12.7 Å². The number of carbonyl (C=O) groups excluding carboxylic acids is 3. The number of allylic oxidation sites excluding steroid dienone is 1. The van der Waals surface area contributed by atoms with Gasteiger partial charge in [0.25, 0.3) is 0 Å². The number of phenolic OH excluding ortho intramolecular Hbond substituents is 1. The highest BCUT2D eigenvalue weighted by Crippen LogP contribution is 2.44. The fourth-order valence-electron chi connectivity index (χ4n) is 2.67. The molecule has 0 fully saturated rings. The summed E-state index contributed by atoms with van der Waals surface area (Å²) in [6.45, 7) is 9.56. The van der Waals surface area contributed by atoms with Gasteiger partial charge in [0.1, 0.15) is 18.1 Å². The quantitative estimate of drug-likeness (QED) is 0.354. The molecule has 1 heterocycles. The van der Waals surface area contributed by atoms with Gasteiger partial charge in [0.05, 0.1) is 11.1 Å². The first-order valence-electron chi connectivity index (χ1n) is 8.35. The summed E-state index contributed by atoms with van der Waals surface area (Å²) in [6.07, 6.45) is -0.0244. The van der Waals surface area contributed by atoms with Crippen molar-refractivity contribution >= 4 is 17.7 Å². The zero-order valence-corrected chi connectivity index (χ0v) is 15.7. The van der Waals surface area contributed by atoms with E-state index in [0.29, 0.717) is 16.9 Å². The highest BCUT2D eigenvalue weighted by Gasteiger charge is 2.39. The van der Waals surface area contributed by atoms with Crippen LogP contribution in [0.15, 0.2) is 35.9 Å². The van der Waals surface area contributed by atoms with Crippen molar-refractivity contribution < 1.29 is 33.7 Å². The highest BCUT2D eigenvalue weighted by atomic mass is 16.6. The number of Topliss-reactive ketones (excluding diaryl/α,β-unsaturated/α-hetero) is 1. The third-order valence-electron chi connectivity index (χ3n) is 4.10. The summed E-state index contributed by atoms with van der Waals surface area (Å²) in [5, 5.41) is 10.00. The number of hydrogen-bond acceptors (Lipinski definition) is 7. The van der Waals surface area contributed by atoms with Crippen molar-refractivity contribution in [3.63, 3.8) is 0 Å². The van der Waals surface area contributed by atoms with Crippen molar-refractivity contribution in [3.8, 4) is 11.5 Å². The monoisotopic (exact) mass is 374 g/mol. The average molecular weight is 374 g/mol. The number of ether oxygens (including phenoxy) is 3. The SMILES string of the molecule is C=C(C)[C@@H]1Oc2cc(O)c(C(C)=O)cc2[C@H]1OC(=O)C(=CC)COC(C)=O. The van der Waals surface area contributed by atoms with E-state index in [1.807, 2.05) is 0 Å². The molecule has 1 aromatic rings. The molecule has 1 N–H and O–H groups in total. The van der Waals surface area contributed by atoms with Crippen LogP contribution >= 0.6 is 0 Å². The van der Waals surface area contributed by atoms with Gasteiger partial charge in [-0.3, -0.25) is 9.59 Å². The predicted octanol–water partition coefficient (Wildman–Crippen LogP) is 3.03. The van der Waals surface area contributed by atoms with E-state index in [4.69, 9.17) is 14.2 Å². The maximum Gasteiger partial charge on any atom is 0.337 e. The third kappa shape index (κ3) is 4.36. The fraction of sp³-hybridized carbons (Fsp3) is 0.350. The average Bonchev–Trinajstić information content (AvgIpc) is 2.91. The Balaban J connectivity index is 2.35. The van der Waals surface area contributed by atoms with Crippen LogP contribution in [0.4, 0.5) is 0 Å². The number of rotatable bonds is 6. The molecule has 0 saturated carbocycles. The molecule has 2 rings (SSSR count). The van der Waals surface area contributed by atoms with Crippen molar-refractivity contribution in [2.24, 2.45) is 0 Å². The maximum atomic E-state index is 12.5. The van der Waals surface area contributed by atoms with Gasteiger partial charge in [0, 0.05) is 18.6 Å². The second-order valence-electron chi connectivity index (χ2n) is 6.27. The number of ketones is 1. The molecule has 7 heteroatoms. The van der Waals surface area contributed by atoms with E-state index in [1.54, 1.807) is 13.8 Å². The van der Waals surface area contributed by atoms with Crippen LogP contribution in [0.2, 0.25) is 0 Å². The molecule has 1 aromatic carbocycles. The topological polar surface area (TPSA) is 99.1 Å². The Morgan fingerprint density at radius 3 is 2.44 bits per heavy atom. The molecule has 0 aromatic heterocycles. The molecule has 144 valence electrons. The lowest BCUT2D eigenvalue weighted by Gasteiger charge is -2.20. The minimum Gasteiger partial charge on any atom is -0.507 e. The van der Waals surface area contributed by atoms with E-state index in [0.717, 1.165) is 0 Å². The number of aromatic hydroxyl groups is 1. The summed E-state index contributed by atoms with van der Waals surface area (Å²) in [7, 11) is 0. The van der Waals surface area contributed by atoms with E-state index >= 15 is 0 Å². The van der Waals surface area contributed by atoms with E-state index in [1.165, 1.54) is 32.1 Å². The van der Waals surface area contributed by atoms with Crippen LogP contribution in [0.5, 0.6) is 11.5 Å². The lowest BCUT2D eigenvalue weighted by atomic mass is 9.98. The first-order valence-corrected chi connectivity index (χ1v) is 8.35. The molecule has 0 bridgehead atoms. The smallest absolute Gasteiger partial charge is 0.337 e. The molecule has 0 aliphatic carbocycles. The first-order chi connectivity index (χ1) is 12.6. The van der Waals surface area contributed by atoms with Crippen LogP contribution in [-0.2, 0) is 19.1 Å². The van der Waals surface area contributed by atoms with Crippen molar-refractivity contribution in [2.75, 3.05) is 6.61 Å². The normalized spacial score (nSPS) is 18.3. The Morgan fingerprint density at radius 2 is 1.93 bits per heavy atom. The molecular weight excluding hydrogens is 352 g/mol. The Morgan fingerprint density at radius 1 is 1.26 bits per heavy atom. The molecule has 0 radical (unpaired) electrons. The second kappa shape index (κ2) is 8.07. The van der Waals surface area contributed by atoms with E-state index < -0.39 is 24.1 Å². The summed E-state index contributed by atoms with van der Waals surface area (Å²) < 4.78 is 16.2. The van der Waals surface area contributed by atoms with Gasteiger partial charge in [-0.05, 0) is 32.4 Å². The Bertz CT molecular complexity index is 835. The molecule has 27 heavy (non-hydrogen) atoms. The second-order valence-corrected chi connectivity index (χ2v) is 6.27. The molecule has 0 unspecified atom stereocenters. The highest BCUT2D eigenvalue weighted by molar-refractivity contribution is 5.97. The molecule has 1 aliphatic rings. The number of carbonyl (C=O) groups is 3. The predicted molar refractivity (Wildman–Crippen MR) is 96.6 cm³/mol. The van der Waals surface area contributed by atoms with Crippen molar-refractivity contribution in [1.82, 2.24) is 0 Å². The standard InChI is InChI=1S/C20H22O7/c1-6-13(9-25-12(5)22)20(24)27-19-15-7-14(11(4)21)16(23)8-17(15)26-18(19)10(2)3/h6-8,18-19,23H,2,9H2,1,3-5H3/t18-,19+/m0/s1. The molecule has 0 spiro atoms. The van der Waals surface area contributed by atoms with Crippen LogP contribution in [0.25, 0.3) is 0 Å². The van der Waals surface area contributed by atoms with Crippen molar-refractivity contribution in [2.45, 2.75) is 39.9 Å². The largest absolute Gasteiger partial charge is 0.507 e. The zero-order valence-electron chi connectivity index (χ0n) is 15.7. The summed E-state index contributed by atoms with van der Waals surface area (Å²) in [4.78, 5) is 35.2. The number of hydrogen-bond donors (Lipinski definition) is 1. The van der Waals surface area contributed by atoms with E-state index in [9.17, 15) is 19.5 Å². The molecular formula is C20H22O7. The first kappa shape index (κ1) is 20.2. The van der Waals surface area contributed by atoms with E-state index in [-0.39, 0.29) is 29.3 Å². The Hall–Kier alpha value is -3.09. The summed E-state index contributed by atoms with van der Waals surface area (Å²) >= 11 is 0. The van der Waals surface area contributed by atoms with Gasteiger partial charge in [0.2, 0.25) is 0 Å². The third-order valence-corrected chi connectivity index (χ3v) is 4.10. The van der Waals surface area contributed by atoms with Crippen LogP contribution < -0.4 is 4.74 Å². The van der Waals surface area contributed by atoms with Gasteiger partial charge in [-0.25, -0.2) is 4.79 Å². The number of phenols is 1. The zero-order chi connectivity index (χ0) is 20.3. The van der Waals surface area contributed by atoms with Gasteiger partial charge in [-0.15, -0.1) is 0 Å². The van der Waals surface area contributed by atoms with Crippen LogP contribution in [0.1, 0.15) is 49.7 Å². The molecule has 0 saturated heterocycles. The number of fused-ring (bicyclic) bond motifs is 1. The summed E-state index contributed by atoms with van der Waals surface area (Å²) in [5.41, 5.74) is 1.34. The molecule has 1 aliphatic heterocycles. The maximum absolute atomic E-state index is 12.5. The number of benzene rings is 1. The van der Waals surface area contributed by atoms with Crippen molar-refractivity contribution in [1.29, 1.82) is 0 Å². The van der Waals surface area contributed by atoms with Gasteiger partial charge in [0.15, 0.2) is 18.0 Å². The summed E-state index contributed by atoms with van der Waals surface area (Å²) in [6, 6.07) is 2.78. The Labute approximate surface area is 157 Å². The molecule has 0 amide bonds. The minimum atomic E-state index is -0.851. The van der Waals surface area contributed by atoms with Gasteiger partial charge in [-0.2, -0.15) is 0 Å².